The highest BCUT2D eigenvalue weighted by molar-refractivity contribution is 6.21. The second-order valence-electron chi connectivity index (χ2n) is 12.4. The molecule has 0 aliphatic rings. The molecule has 0 aliphatic carbocycles. The highest BCUT2D eigenvalue weighted by Crippen LogP contribution is 2.44. The monoisotopic (exact) mass is 627 g/mol. The number of furan rings is 1. The molecule has 0 atom stereocenters. The highest BCUT2D eigenvalue weighted by Gasteiger charge is 2.17. The molecule has 0 amide bonds. The van der Waals surface area contributed by atoms with Gasteiger partial charge < -0.3 is 4.42 Å². The molecule has 1 heterocycles. The van der Waals surface area contributed by atoms with Crippen LogP contribution in [0, 0.1) is 0 Å². The third kappa shape index (κ3) is 4.47. The predicted octanol–water partition coefficient (Wildman–Crippen LogP) is 13.7. The fourth-order valence-corrected chi connectivity index (χ4v) is 7.38. The molecule has 1 aromatic heterocycles. The van der Waals surface area contributed by atoms with Crippen molar-refractivity contribution in [2.45, 2.75) is 0 Å². The van der Waals surface area contributed by atoms with Gasteiger partial charge in [-0.05, 0) is 107 Å². The summed E-state index contributed by atoms with van der Waals surface area (Å²) < 4.78 is 53.4. The first-order valence-electron chi connectivity index (χ1n) is 18.9. The van der Waals surface area contributed by atoms with Crippen LogP contribution >= 0.6 is 0 Å². The molecule has 0 N–H and O–H groups in total. The molecule has 0 saturated heterocycles. The molecule has 9 aromatic carbocycles. The number of hydrogen-bond acceptors (Lipinski definition) is 1. The molecule has 0 aliphatic heterocycles. The van der Waals surface area contributed by atoms with Crippen LogP contribution in [0.2, 0.25) is 0 Å². The molecular formula is C48H30O. The van der Waals surface area contributed by atoms with Gasteiger partial charge in [-0.1, -0.05) is 152 Å². The lowest BCUT2D eigenvalue weighted by Gasteiger charge is -2.18. The molecular weight excluding hydrogens is 593 g/mol. The highest BCUT2D eigenvalue weighted by atomic mass is 16.3. The Balaban J connectivity index is 1.20. The SMILES string of the molecule is [2H]c1c(-c2c3ccccc3c(-c3ccccc3)c3ccccc23)c([2H])c2c([2H])c([2H])c(-c3ccc4c(c3)oc3cccc(-c5ccccc5)c34)cc2c1[2H]. The topological polar surface area (TPSA) is 13.1 Å². The Morgan fingerprint density at radius 3 is 1.65 bits per heavy atom. The van der Waals surface area contributed by atoms with Gasteiger partial charge >= 0.3 is 0 Å². The summed E-state index contributed by atoms with van der Waals surface area (Å²) in [6.07, 6.45) is 0. The molecule has 10 aromatic rings. The summed E-state index contributed by atoms with van der Waals surface area (Å²) in [4.78, 5) is 0. The molecule has 0 fully saturated rings. The standard InChI is InChI=1S/C48H30O/c1-3-12-31(13-4-1)38-20-11-21-44-48(38)43-27-26-36(30-45(43)49-44)34-22-23-35-29-37(25-24-33(35)28-34)47-41-18-9-7-16-39(41)46(32-14-5-2-6-15-32)40-17-8-10-19-42(40)47/h1-30H/i22D,23D,24D,25D,29D. The third-order valence-electron chi connectivity index (χ3n) is 9.59. The van der Waals surface area contributed by atoms with E-state index < -0.39 is 0 Å². The fraction of sp³-hybridized carbons (Fsp3) is 0. The Bertz CT molecular complexity index is 3090. The van der Waals surface area contributed by atoms with E-state index in [0.717, 1.165) is 60.2 Å². The van der Waals surface area contributed by atoms with Crippen molar-refractivity contribution in [2.24, 2.45) is 0 Å². The maximum Gasteiger partial charge on any atom is 0.136 e. The second-order valence-corrected chi connectivity index (χ2v) is 12.4. The van der Waals surface area contributed by atoms with Gasteiger partial charge in [0.15, 0.2) is 0 Å². The van der Waals surface area contributed by atoms with Gasteiger partial charge in [0.25, 0.3) is 0 Å². The molecule has 228 valence electrons. The average molecular weight is 628 g/mol. The number of rotatable bonds is 4. The van der Waals surface area contributed by atoms with Gasteiger partial charge in [0, 0.05) is 10.8 Å². The lowest BCUT2D eigenvalue weighted by atomic mass is 9.85. The molecule has 49 heavy (non-hydrogen) atoms. The summed E-state index contributed by atoms with van der Waals surface area (Å²) >= 11 is 0. The van der Waals surface area contributed by atoms with E-state index in [2.05, 4.69) is 42.5 Å². The van der Waals surface area contributed by atoms with Crippen LogP contribution in [0.15, 0.2) is 186 Å². The summed E-state index contributed by atoms with van der Waals surface area (Å²) in [5.74, 6) is 0. The smallest absolute Gasteiger partial charge is 0.136 e. The lowest BCUT2D eigenvalue weighted by molar-refractivity contribution is 0.669. The van der Waals surface area contributed by atoms with Gasteiger partial charge in [0.1, 0.15) is 11.2 Å². The Labute approximate surface area is 291 Å². The molecule has 1 nitrogen and oxygen atoms in total. The van der Waals surface area contributed by atoms with Crippen LogP contribution in [-0.2, 0) is 0 Å². The van der Waals surface area contributed by atoms with Gasteiger partial charge in [0.2, 0.25) is 0 Å². The van der Waals surface area contributed by atoms with Crippen LogP contribution < -0.4 is 0 Å². The Hall–Kier alpha value is -6.44. The van der Waals surface area contributed by atoms with Crippen LogP contribution in [-0.4, -0.2) is 0 Å². The maximum atomic E-state index is 9.63. The van der Waals surface area contributed by atoms with Gasteiger partial charge in [0.05, 0.1) is 6.85 Å². The van der Waals surface area contributed by atoms with E-state index in [4.69, 9.17) is 4.42 Å². The van der Waals surface area contributed by atoms with Gasteiger partial charge in [-0.3, -0.25) is 0 Å². The van der Waals surface area contributed by atoms with Crippen molar-refractivity contribution >= 4 is 54.3 Å². The predicted molar refractivity (Wildman–Crippen MR) is 208 cm³/mol. The van der Waals surface area contributed by atoms with Crippen molar-refractivity contribution < 1.29 is 11.3 Å². The zero-order valence-electron chi connectivity index (χ0n) is 31.3. The molecule has 0 radical (unpaired) electrons. The van der Waals surface area contributed by atoms with Crippen molar-refractivity contribution in [3.8, 4) is 44.5 Å². The first-order valence-corrected chi connectivity index (χ1v) is 16.4. The van der Waals surface area contributed by atoms with E-state index in [-0.39, 0.29) is 41.2 Å². The van der Waals surface area contributed by atoms with Crippen molar-refractivity contribution in [1.29, 1.82) is 0 Å². The number of fused-ring (bicyclic) bond motifs is 6. The van der Waals surface area contributed by atoms with E-state index in [9.17, 15) is 6.85 Å². The molecule has 1 heteroatoms. The van der Waals surface area contributed by atoms with Crippen LogP contribution in [0.25, 0.3) is 98.8 Å². The van der Waals surface area contributed by atoms with Crippen LogP contribution in [0.1, 0.15) is 6.85 Å². The molecule has 0 bridgehead atoms. The zero-order chi connectivity index (χ0) is 36.7. The summed E-state index contributed by atoms with van der Waals surface area (Å²) in [6, 6.07) is 49.6. The van der Waals surface area contributed by atoms with Crippen LogP contribution in [0.5, 0.6) is 0 Å². The number of benzene rings is 9. The lowest BCUT2D eigenvalue weighted by Crippen LogP contribution is -1.90. The average Bonchev–Trinajstić information content (AvgIpc) is 3.59. The summed E-state index contributed by atoms with van der Waals surface area (Å²) in [7, 11) is 0. The largest absolute Gasteiger partial charge is 0.456 e. The minimum Gasteiger partial charge on any atom is -0.456 e. The first-order chi connectivity index (χ1) is 26.4. The van der Waals surface area contributed by atoms with Crippen LogP contribution in [0.4, 0.5) is 0 Å². The van der Waals surface area contributed by atoms with Crippen molar-refractivity contribution in [3.05, 3.63) is 182 Å². The van der Waals surface area contributed by atoms with Gasteiger partial charge in [-0.15, -0.1) is 0 Å². The minimum absolute atomic E-state index is 0.0278. The molecule has 10 rings (SSSR count). The normalized spacial score (nSPS) is 13.1. The van der Waals surface area contributed by atoms with Crippen molar-refractivity contribution in [2.75, 3.05) is 0 Å². The van der Waals surface area contributed by atoms with Crippen molar-refractivity contribution in [3.63, 3.8) is 0 Å². The van der Waals surface area contributed by atoms with E-state index in [0.29, 0.717) is 27.7 Å². The van der Waals surface area contributed by atoms with Gasteiger partial charge in [-0.25, -0.2) is 0 Å². The summed E-state index contributed by atoms with van der Waals surface area (Å²) in [6.45, 7) is 0. The number of hydrogen-bond donors (Lipinski definition) is 0. The van der Waals surface area contributed by atoms with Crippen LogP contribution in [0.3, 0.4) is 0 Å². The Morgan fingerprint density at radius 1 is 0.367 bits per heavy atom. The second kappa shape index (κ2) is 11.1. The van der Waals surface area contributed by atoms with Crippen molar-refractivity contribution in [1.82, 2.24) is 0 Å². The zero-order valence-corrected chi connectivity index (χ0v) is 26.3. The first kappa shape index (κ1) is 23.0. The Morgan fingerprint density at radius 2 is 0.959 bits per heavy atom. The maximum absolute atomic E-state index is 9.63. The Kier molecular flexibility index (Phi) is 5.20. The summed E-state index contributed by atoms with van der Waals surface area (Å²) in [5.41, 5.74) is 7.77. The third-order valence-corrected chi connectivity index (χ3v) is 9.59. The quantitative estimate of drug-likeness (QED) is 0.177. The van der Waals surface area contributed by atoms with E-state index >= 15 is 0 Å². The van der Waals surface area contributed by atoms with E-state index in [1.165, 1.54) is 0 Å². The molecule has 0 unspecified atom stereocenters. The molecule has 0 spiro atoms. The van der Waals surface area contributed by atoms with Gasteiger partial charge in [-0.2, -0.15) is 0 Å². The van der Waals surface area contributed by atoms with E-state index in [1.54, 1.807) is 6.07 Å². The minimum atomic E-state index is -0.146. The fourth-order valence-electron chi connectivity index (χ4n) is 7.38. The van der Waals surface area contributed by atoms with E-state index in [1.807, 2.05) is 103 Å². The summed E-state index contributed by atoms with van der Waals surface area (Å²) in [5, 5.41) is 6.11. The molecule has 0 saturated carbocycles.